The minimum atomic E-state index is -1.59. The van der Waals surface area contributed by atoms with Gasteiger partial charge in [-0.1, -0.05) is 0 Å². The van der Waals surface area contributed by atoms with Crippen LogP contribution in [0, 0.1) is 0 Å². The molecule has 5 nitrogen and oxygen atoms in total. The third-order valence-electron chi connectivity index (χ3n) is 3.48. The summed E-state index contributed by atoms with van der Waals surface area (Å²) < 4.78 is 1.63. The Morgan fingerprint density at radius 1 is 1.44 bits per heavy atom. The summed E-state index contributed by atoms with van der Waals surface area (Å²) in [5, 5.41) is 10.3. The first-order chi connectivity index (χ1) is 7.55. The lowest BCUT2D eigenvalue weighted by molar-refractivity contribution is -0.0425. The van der Waals surface area contributed by atoms with Gasteiger partial charge >= 0.3 is 0 Å². The summed E-state index contributed by atoms with van der Waals surface area (Å²) in [4.78, 5) is 25.5. The Morgan fingerprint density at radius 2 is 2.19 bits per heavy atom. The molecular formula is C11H12N2O3. The minimum Gasteiger partial charge on any atom is -0.364 e. The number of nitrogens with zero attached hydrogens (tertiary/aromatic N) is 2. The van der Waals surface area contributed by atoms with E-state index in [9.17, 15) is 14.7 Å². The molecule has 1 aromatic heterocycles. The highest BCUT2D eigenvalue weighted by Gasteiger charge is 2.53. The smallest absolute Gasteiger partial charge is 0.273 e. The molecule has 1 fully saturated rings. The highest BCUT2D eigenvalue weighted by Crippen LogP contribution is 2.36. The molecule has 84 valence electrons. The third-order valence-corrected chi connectivity index (χ3v) is 3.48. The number of ketones is 1. The van der Waals surface area contributed by atoms with Crippen molar-refractivity contribution in [3.8, 4) is 0 Å². The van der Waals surface area contributed by atoms with Crippen LogP contribution >= 0.6 is 0 Å². The molecule has 16 heavy (non-hydrogen) atoms. The van der Waals surface area contributed by atoms with E-state index in [0.717, 1.165) is 0 Å². The highest BCUT2D eigenvalue weighted by molar-refractivity contribution is 6.16. The Kier molecular flexibility index (Phi) is 1.64. The molecule has 0 bridgehead atoms. The SMILES string of the molecule is Cn1ccc2c1C(=O)N1CCCC1(O)C2=O. The highest BCUT2D eigenvalue weighted by atomic mass is 16.3. The van der Waals surface area contributed by atoms with E-state index in [1.54, 1.807) is 23.9 Å². The fourth-order valence-electron chi connectivity index (χ4n) is 2.63. The number of aromatic nitrogens is 1. The molecule has 0 aliphatic carbocycles. The number of hydrogen-bond donors (Lipinski definition) is 1. The summed E-state index contributed by atoms with van der Waals surface area (Å²) in [5.74, 6) is -0.595. The second kappa shape index (κ2) is 2.74. The van der Waals surface area contributed by atoms with Gasteiger partial charge in [0.15, 0.2) is 0 Å². The van der Waals surface area contributed by atoms with Gasteiger partial charge in [0.2, 0.25) is 11.5 Å². The number of carbonyl (C=O) groups excluding carboxylic acids is 2. The summed E-state index contributed by atoms with van der Waals surface area (Å²) >= 11 is 0. The van der Waals surface area contributed by atoms with Crippen LogP contribution in [0.15, 0.2) is 12.3 Å². The standard InChI is InChI=1S/C11H12N2O3/c1-12-6-3-7-8(12)10(15)13-5-2-4-11(13,16)9(7)14/h3,6,16H,2,4-5H2,1H3. The lowest BCUT2D eigenvalue weighted by Crippen LogP contribution is -2.57. The Balaban J connectivity index is 2.25. The molecule has 2 aliphatic heterocycles. The van der Waals surface area contributed by atoms with E-state index in [-0.39, 0.29) is 11.7 Å². The van der Waals surface area contributed by atoms with Crippen LogP contribution in [0.25, 0.3) is 0 Å². The molecular weight excluding hydrogens is 208 g/mol. The Morgan fingerprint density at radius 3 is 2.94 bits per heavy atom. The summed E-state index contributed by atoms with van der Waals surface area (Å²) in [6, 6.07) is 1.60. The monoisotopic (exact) mass is 220 g/mol. The van der Waals surface area contributed by atoms with Gasteiger partial charge in [-0.05, 0) is 12.5 Å². The number of amides is 1. The summed E-state index contributed by atoms with van der Waals surface area (Å²) in [6.45, 7) is 0.450. The van der Waals surface area contributed by atoms with Crippen molar-refractivity contribution in [2.24, 2.45) is 7.05 Å². The van der Waals surface area contributed by atoms with E-state index in [0.29, 0.717) is 30.6 Å². The van der Waals surface area contributed by atoms with E-state index in [2.05, 4.69) is 0 Å². The molecule has 0 saturated carbocycles. The van der Waals surface area contributed by atoms with Gasteiger partial charge in [-0.2, -0.15) is 0 Å². The van der Waals surface area contributed by atoms with Crippen LogP contribution in [-0.4, -0.2) is 38.5 Å². The second-order valence-corrected chi connectivity index (χ2v) is 4.40. The molecule has 1 saturated heterocycles. The number of aryl methyl sites for hydroxylation is 1. The number of Topliss-reactive ketones (excluding diaryl/α,β-unsaturated/α-hetero) is 1. The zero-order chi connectivity index (χ0) is 11.5. The Bertz CT molecular complexity index is 505. The van der Waals surface area contributed by atoms with E-state index in [1.807, 2.05) is 0 Å². The predicted molar refractivity (Wildman–Crippen MR) is 55.0 cm³/mol. The number of fused-ring (bicyclic) bond motifs is 2. The van der Waals surface area contributed by atoms with Crippen molar-refractivity contribution in [1.29, 1.82) is 0 Å². The lowest BCUT2D eigenvalue weighted by atomic mass is 9.94. The molecule has 5 heteroatoms. The maximum absolute atomic E-state index is 12.1. The largest absolute Gasteiger partial charge is 0.364 e. The van der Waals surface area contributed by atoms with Crippen LogP contribution < -0.4 is 0 Å². The van der Waals surface area contributed by atoms with Gasteiger partial charge in [0.25, 0.3) is 5.91 Å². The van der Waals surface area contributed by atoms with E-state index in [4.69, 9.17) is 0 Å². The second-order valence-electron chi connectivity index (χ2n) is 4.40. The molecule has 3 heterocycles. The normalized spacial score (nSPS) is 28.2. The van der Waals surface area contributed by atoms with Crippen molar-refractivity contribution in [2.75, 3.05) is 6.54 Å². The first-order valence-electron chi connectivity index (χ1n) is 5.30. The molecule has 1 aromatic rings. The number of aliphatic hydroxyl groups is 1. The zero-order valence-corrected chi connectivity index (χ0v) is 8.93. The molecule has 0 aromatic carbocycles. The quantitative estimate of drug-likeness (QED) is 0.676. The molecule has 2 aliphatic rings. The summed E-state index contributed by atoms with van der Waals surface area (Å²) in [6.07, 6.45) is 2.68. The van der Waals surface area contributed by atoms with Gasteiger partial charge < -0.3 is 14.6 Å². The first kappa shape index (κ1) is 9.59. The van der Waals surface area contributed by atoms with Crippen LogP contribution in [0.3, 0.4) is 0 Å². The van der Waals surface area contributed by atoms with Gasteiger partial charge in [-0.3, -0.25) is 9.59 Å². The molecule has 1 atom stereocenters. The van der Waals surface area contributed by atoms with E-state index >= 15 is 0 Å². The van der Waals surface area contributed by atoms with E-state index < -0.39 is 5.72 Å². The van der Waals surface area contributed by atoms with Crippen molar-refractivity contribution in [1.82, 2.24) is 9.47 Å². The first-order valence-corrected chi connectivity index (χ1v) is 5.30. The molecule has 1 unspecified atom stereocenters. The molecule has 3 rings (SSSR count). The third kappa shape index (κ3) is 0.893. The van der Waals surface area contributed by atoms with Crippen LogP contribution in [0.4, 0.5) is 0 Å². The van der Waals surface area contributed by atoms with Crippen LogP contribution in [0.2, 0.25) is 0 Å². The number of carbonyl (C=O) groups is 2. The summed E-state index contributed by atoms with van der Waals surface area (Å²) in [7, 11) is 1.73. The Hall–Kier alpha value is -1.62. The van der Waals surface area contributed by atoms with Crippen molar-refractivity contribution in [2.45, 2.75) is 18.6 Å². The van der Waals surface area contributed by atoms with Gasteiger partial charge in [0.05, 0.1) is 5.56 Å². The van der Waals surface area contributed by atoms with Crippen LogP contribution in [0.1, 0.15) is 33.7 Å². The van der Waals surface area contributed by atoms with Crippen LogP contribution in [-0.2, 0) is 7.05 Å². The van der Waals surface area contributed by atoms with Gasteiger partial charge in [0.1, 0.15) is 5.69 Å². The molecule has 0 spiro atoms. The van der Waals surface area contributed by atoms with Gasteiger partial charge in [-0.15, -0.1) is 0 Å². The Labute approximate surface area is 92.3 Å². The minimum absolute atomic E-state index is 0.248. The molecule has 1 N–H and O–H groups in total. The molecule has 1 amide bonds. The number of rotatable bonds is 0. The maximum atomic E-state index is 12.1. The average Bonchev–Trinajstić information content (AvgIpc) is 2.80. The summed E-state index contributed by atoms with van der Waals surface area (Å²) in [5.41, 5.74) is -0.865. The topological polar surface area (TPSA) is 62.5 Å². The van der Waals surface area contributed by atoms with Crippen LogP contribution in [0.5, 0.6) is 0 Å². The van der Waals surface area contributed by atoms with Gasteiger partial charge in [0, 0.05) is 26.2 Å². The molecule has 0 radical (unpaired) electrons. The van der Waals surface area contributed by atoms with Crippen molar-refractivity contribution in [3.05, 3.63) is 23.5 Å². The maximum Gasteiger partial charge on any atom is 0.273 e. The predicted octanol–water partition coefficient (Wildman–Crippen LogP) is 0.146. The van der Waals surface area contributed by atoms with Gasteiger partial charge in [-0.25, -0.2) is 0 Å². The average molecular weight is 220 g/mol. The fourth-order valence-corrected chi connectivity index (χ4v) is 2.63. The van der Waals surface area contributed by atoms with Crippen molar-refractivity contribution < 1.29 is 14.7 Å². The van der Waals surface area contributed by atoms with Crippen molar-refractivity contribution in [3.63, 3.8) is 0 Å². The number of hydrogen-bond acceptors (Lipinski definition) is 3. The van der Waals surface area contributed by atoms with E-state index in [1.165, 1.54) is 4.90 Å². The zero-order valence-electron chi connectivity index (χ0n) is 8.93. The fraction of sp³-hybridized carbons (Fsp3) is 0.455. The lowest BCUT2D eigenvalue weighted by Gasteiger charge is -2.36. The van der Waals surface area contributed by atoms with Crippen molar-refractivity contribution >= 4 is 11.7 Å².